The van der Waals surface area contributed by atoms with Crippen LogP contribution in [0.2, 0.25) is 0 Å². The Labute approximate surface area is 129 Å². The largest absolute Gasteiger partial charge is 0.378 e. The van der Waals surface area contributed by atoms with E-state index in [0.717, 1.165) is 6.42 Å². The quantitative estimate of drug-likeness (QED) is 0.620. The van der Waals surface area contributed by atoms with Gasteiger partial charge >= 0.3 is 0 Å². The SMILES string of the molecule is CC(=O)c1cc(C(=O)NCCCOC2CCCCC2)cs1. The number of nitrogens with one attached hydrogen (secondary N) is 1. The highest BCUT2D eigenvalue weighted by Gasteiger charge is 2.13. The highest BCUT2D eigenvalue weighted by molar-refractivity contribution is 7.12. The van der Waals surface area contributed by atoms with E-state index in [1.54, 1.807) is 11.4 Å². The number of amides is 1. The molecule has 116 valence electrons. The molecule has 1 N–H and O–H groups in total. The Morgan fingerprint density at radius 3 is 2.76 bits per heavy atom. The van der Waals surface area contributed by atoms with Crippen molar-refractivity contribution in [3.05, 3.63) is 21.9 Å². The number of thiophene rings is 1. The first kappa shape index (κ1) is 16.2. The first-order valence-corrected chi connectivity index (χ1v) is 8.54. The van der Waals surface area contributed by atoms with E-state index < -0.39 is 0 Å². The minimum atomic E-state index is -0.114. The van der Waals surface area contributed by atoms with Crippen molar-refractivity contribution in [1.29, 1.82) is 0 Å². The zero-order valence-electron chi connectivity index (χ0n) is 12.5. The summed E-state index contributed by atoms with van der Waals surface area (Å²) >= 11 is 1.31. The molecule has 1 heterocycles. The van der Waals surface area contributed by atoms with E-state index in [9.17, 15) is 9.59 Å². The summed E-state index contributed by atoms with van der Waals surface area (Å²) in [5.74, 6) is -0.114. The summed E-state index contributed by atoms with van der Waals surface area (Å²) in [5, 5.41) is 4.59. The second-order valence-corrected chi connectivity index (χ2v) is 6.41. The first-order valence-electron chi connectivity index (χ1n) is 7.66. The number of hydrogen-bond acceptors (Lipinski definition) is 4. The van der Waals surface area contributed by atoms with Crippen molar-refractivity contribution in [3.8, 4) is 0 Å². The van der Waals surface area contributed by atoms with Gasteiger partial charge in [-0.3, -0.25) is 9.59 Å². The van der Waals surface area contributed by atoms with Gasteiger partial charge in [0.25, 0.3) is 5.91 Å². The van der Waals surface area contributed by atoms with Crippen LogP contribution in [0.15, 0.2) is 11.4 Å². The Hall–Kier alpha value is -1.20. The molecule has 1 aromatic rings. The van der Waals surface area contributed by atoms with E-state index in [-0.39, 0.29) is 11.7 Å². The van der Waals surface area contributed by atoms with E-state index in [0.29, 0.717) is 29.7 Å². The molecular weight excluding hydrogens is 286 g/mol. The summed E-state index contributed by atoms with van der Waals surface area (Å²) in [5.41, 5.74) is 0.568. The van der Waals surface area contributed by atoms with Gasteiger partial charge in [-0.05, 0) is 32.3 Å². The van der Waals surface area contributed by atoms with Gasteiger partial charge in [0.15, 0.2) is 5.78 Å². The predicted octanol–water partition coefficient (Wildman–Crippen LogP) is 3.42. The fourth-order valence-corrected chi connectivity index (χ4v) is 3.29. The van der Waals surface area contributed by atoms with Gasteiger partial charge < -0.3 is 10.1 Å². The summed E-state index contributed by atoms with van der Waals surface area (Å²) in [6.45, 7) is 2.82. The Balaban J connectivity index is 1.61. The standard InChI is InChI=1S/C16H23NO3S/c1-12(18)15-10-13(11-21-15)16(19)17-8-5-9-20-14-6-3-2-4-7-14/h10-11,14H,2-9H2,1H3,(H,17,19). The molecule has 4 nitrogen and oxygen atoms in total. The third-order valence-corrected chi connectivity index (χ3v) is 4.75. The van der Waals surface area contributed by atoms with Gasteiger partial charge in [-0.25, -0.2) is 0 Å². The van der Waals surface area contributed by atoms with E-state index in [2.05, 4.69) is 5.32 Å². The number of carbonyl (C=O) groups excluding carboxylic acids is 2. The summed E-state index contributed by atoms with van der Waals surface area (Å²) in [6, 6.07) is 1.65. The molecule has 0 aromatic carbocycles. The Kier molecular flexibility index (Phi) is 6.39. The number of ketones is 1. The van der Waals surface area contributed by atoms with E-state index in [1.165, 1.54) is 50.4 Å². The molecule has 1 aliphatic rings. The molecule has 1 fully saturated rings. The van der Waals surface area contributed by atoms with Gasteiger partial charge in [0.05, 0.1) is 16.5 Å². The number of hydrogen-bond donors (Lipinski definition) is 1. The number of carbonyl (C=O) groups is 2. The van der Waals surface area contributed by atoms with Crippen molar-refractivity contribution in [2.24, 2.45) is 0 Å². The predicted molar refractivity (Wildman–Crippen MR) is 84.1 cm³/mol. The second kappa shape index (κ2) is 8.29. The van der Waals surface area contributed by atoms with Crippen molar-refractivity contribution >= 4 is 23.0 Å². The fourth-order valence-electron chi connectivity index (χ4n) is 2.50. The highest BCUT2D eigenvalue weighted by atomic mass is 32.1. The van der Waals surface area contributed by atoms with Gasteiger partial charge in [-0.1, -0.05) is 19.3 Å². The zero-order valence-corrected chi connectivity index (χ0v) is 13.3. The van der Waals surface area contributed by atoms with Gasteiger partial charge in [0.2, 0.25) is 0 Å². The number of rotatable bonds is 7. The van der Waals surface area contributed by atoms with Crippen LogP contribution in [0, 0.1) is 0 Å². The molecule has 0 atom stereocenters. The van der Waals surface area contributed by atoms with Crippen LogP contribution < -0.4 is 5.32 Å². The van der Waals surface area contributed by atoms with Crippen molar-refractivity contribution in [2.45, 2.75) is 51.6 Å². The first-order chi connectivity index (χ1) is 10.2. The molecule has 5 heteroatoms. The lowest BCUT2D eigenvalue weighted by Gasteiger charge is -2.21. The van der Waals surface area contributed by atoms with Crippen LogP contribution in [-0.2, 0) is 4.74 Å². The summed E-state index contributed by atoms with van der Waals surface area (Å²) in [6.07, 6.45) is 7.48. The Morgan fingerprint density at radius 2 is 2.10 bits per heavy atom. The lowest BCUT2D eigenvalue weighted by atomic mass is 9.98. The Morgan fingerprint density at radius 1 is 1.33 bits per heavy atom. The molecule has 0 bridgehead atoms. The maximum atomic E-state index is 11.9. The van der Waals surface area contributed by atoms with Crippen molar-refractivity contribution in [3.63, 3.8) is 0 Å². The van der Waals surface area contributed by atoms with Crippen LogP contribution in [0.3, 0.4) is 0 Å². The topological polar surface area (TPSA) is 55.4 Å². The molecule has 0 spiro atoms. The monoisotopic (exact) mass is 309 g/mol. The van der Waals surface area contributed by atoms with Gasteiger partial charge in [0.1, 0.15) is 0 Å². The van der Waals surface area contributed by atoms with Gasteiger partial charge in [-0.15, -0.1) is 11.3 Å². The highest BCUT2D eigenvalue weighted by Crippen LogP contribution is 2.20. The second-order valence-electron chi connectivity index (χ2n) is 5.50. The maximum absolute atomic E-state index is 11.9. The van der Waals surface area contributed by atoms with E-state index >= 15 is 0 Å². The Bertz CT molecular complexity index is 478. The van der Waals surface area contributed by atoms with E-state index in [4.69, 9.17) is 4.74 Å². The minimum Gasteiger partial charge on any atom is -0.378 e. The smallest absolute Gasteiger partial charge is 0.252 e. The summed E-state index contributed by atoms with van der Waals surface area (Å²) < 4.78 is 5.81. The molecule has 0 saturated heterocycles. The average molecular weight is 309 g/mol. The van der Waals surface area contributed by atoms with Gasteiger partial charge in [-0.2, -0.15) is 0 Å². The molecule has 1 saturated carbocycles. The van der Waals surface area contributed by atoms with Crippen LogP contribution in [0.25, 0.3) is 0 Å². The van der Waals surface area contributed by atoms with E-state index in [1.807, 2.05) is 0 Å². The molecule has 0 unspecified atom stereocenters. The fraction of sp³-hybridized carbons (Fsp3) is 0.625. The number of ether oxygens (including phenoxy) is 1. The summed E-state index contributed by atoms with van der Waals surface area (Å²) in [7, 11) is 0. The third kappa shape index (κ3) is 5.25. The lowest BCUT2D eigenvalue weighted by molar-refractivity contribution is 0.0273. The third-order valence-electron chi connectivity index (χ3n) is 3.72. The molecule has 2 rings (SSSR count). The maximum Gasteiger partial charge on any atom is 0.252 e. The van der Waals surface area contributed by atoms with Crippen LogP contribution in [0.5, 0.6) is 0 Å². The molecule has 1 aliphatic carbocycles. The normalized spacial score (nSPS) is 15.9. The lowest BCUT2D eigenvalue weighted by Crippen LogP contribution is -2.26. The van der Waals surface area contributed by atoms with Crippen LogP contribution in [-0.4, -0.2) is 30.9 Å². The van der Waals surface area contributed by atoms with Crippen molar-refractivity contribution in [1.82, 2.24) is 5.32 Å². The van der Waals surface area contributed by atoms with Crippen LogP contribution in [0.1, 0.15) is 65.5 Å². The van der Waals surface area contributed by atoms with Crippen molar-refractivity contribution in [2.75, 3.05) is 13.2 Å². The molecule has 0 aliphatic heterocycles. The minimum absolute atomic E-state index is 0.0000630. The molecule has 21 heavy (non-hydrogen) atoms. The van der Waals surface area contributed by atoms with Crippen molar-refractivity contribution < 1.29 is 14.3 Å². The molecule has 1 aromatic heterocycles. The van der Waals surface area contributed by atoms with Crippen LogP contribution >= 0.6 is 11.3 Å². The molecular formula is C16H23NO3S. The summed E-state index contributed by atoms with van der Waals surface area (Å²) in [4.78, 5) is 23.7. The van der Waals surface area contributed by atoms with Gasteiger partial charge in [0, 0.05) is 18.5 Å². The van der Waals surface area contributed by atoms with Crippen LogP contribution in [0.4, 0.5) is 0 Å². The number of Topliss-reactive ketones (excluding diaryl/α,β-unsaturated/α-hetero) is 1. The molecule has 1 amide bonds. The average Bonchev–Trinajstić information content (AvgIpc) is 2.98. The molecule has 0 radical (unpaired) electrons. The zero-order chi connectivity index (χ0) is 15.1.